The molecular weight excluding hydrogens is 343 g/mol. The molecule has 3 rings (SSSR count). The van der Waals surface area contributed by atoms with E-state index in [9.17, 15) is 13.2 Å². The summed E-state index contributed by atoms with van der Waals surface area (Å²) in [5.41, 5.74) is 1.47. The number of nitrogens with zero attached hydrogens (tertiary/aromatic N) is 5. The minimum atomic E-state index is -4.62. The van der Waals surface area contributed by atoms with Crippen molar-refractivity contribution in [3.05, 3.63) is 52.4 Å². The van der Waals surface area contributed by atoms with Crippen molar-refractivity contribution >= 4 is 23.2 Å². The summed E-state index contributed by atoms with van der Waals surface area (Å²) < 4.78 is 39.7. The van der Waals surface area contributed by atoms with E-state index in [0.29, 0.717) is 23.1 Å². The van der Waals surface area contributed by atoms with E-state index in [1.54, 1.807) is 37.1 Å². The molecule has 2 aromatic heterocycles. The van der Waals surface area contributed by atoms with Crippen molar-refractivity contribution in [3.63, 3.8) is 0 Å². The van der Waals surface area contributed by atoms with Crippen LogP contribution in [0.15, 0.2) is 30.3 Å². The van der Waals surface area contributed by atoms with E-state index < -0.39 is 12.0 Å². The lowest BCUT2D eigenvalue weighted by molar-refractivity contribution is -0.144. The van der Waals surface area contributed by atoms with Gasteiger partial charge >= 0.3 is 6.18 Å². The Bertz CT molecular complexity index is 890. The molecule has 126 valence electrons. The topological polar surface area (TPSA) is 46.3 Å². The van der Waals surface area contributed by atoms with E-state index in [4.69, 9.17) is 11.6 Å². The van der Waals surface area contributed by atoms with Crippen molar-refractivity contribution < 1.29 is 13.2 Å². The van der Waals surface area contributed by atoms with Gasteiger partial charge in [-0.3, -0.25) is 0 Å². The number of fused-ring (bicyclic) bond motifs is 1. The number of hydrogen-bond donors (Lipinski definition) is 0. The number of benzene rings is 1. The second-order valence-electron chi connectivity index (χ2n) is 5.39. The van der Waals surface area contributed by atoms with Crippen molar-refractivity contribution in [2.24, 2.45) is 0 Å². The molecule has 0 aliphatic heterocycles. The van der Waals surface area contributed by atoms with Gasteiger partial charge in [-0.05, 0) is 24.6 Å². The van der Waals surface area contributed by atoms with Gasteiger partial charge in [0.25, 0.3) is 11.6 Å². The highest BCUT2D eigenvalue weighted by Gasteiger charge is 2.37. The Hall–Kier alpha value is -2.35. The quantitative estimate of drug-likeness (QED) is 0.718. The minimum absolute atomic E-state index is 0.0877. The van der Waals surface area contributed by atoms with Crippen LogP contribution in [0, 0.1) is 6.92 Å². The second-order valence-corrected chi connectivity index (χ2v) is 5.82. The van der Waals surface area contributed by atoms with E-state index in [-0.39, 0.29) is 5.78 Å². The maximum absolute atomic E-state index is 12.9. The first-order valence-corrected chi connectivity index (χ1v) is 7.39. The van der Waals surface area contributed by atoms with E-state index in [0.717, 1.165) is 10.1 Å². The zero-order valence-corrected chi connectivity index (χ0v) is 13.6. The molecule has 0 bridgehead atoms. The Balaban J connectivity index is 2.02. The average molecular weight is 356 g/mol. The number of alkyl halides is 3. The number of anilines is 1. The summed E-state index contributed by atoms with van der Waals surface area (Å²) >= 11 is 5.97. The molecule has 24 heavy (non-hydrogen) atoms. The summed E-state index contributed by atoms with van der Waals surface area (Å²) in [5.74, 6) is -0.839. The van der Waals surface area contributed by atoms with Crippen LogP contribution in [0.3, 0.4) is 0 Å². The predicted octanol–water partition coefficient (Wildman–Crippen LogP) is 3.74. The maximum Gasteiger partial charge on any atom is 0.453 e. The van der Waals surface area contributed by atoms with Crippen LogP contribution in [0.4, 0.5) is 19.0 Å². The highest BCUT2D eigenvalue weighted by atomic mass is 35.5. The van der Waals surface area contributed by atoms with E-state index in [2.05, 4.69) is 15.1 Å². The average Bonchev–Trinajstić information content (AvgIpc) is 2.90. The molecular formula is C15H13ClF3N5. The SMILES string of the molecule is Cc1cc(N(C)Cc2cccc(Cl)c2)n2nc(C(F)(F)F)nc2n1. The second kappa shape index (κ2) is 5.94. The van der Waals surface area contributed by atoms with Crippen LogP contribution >= 0.6 is 11.6 Å². The first-order valence-electron chi connectivity index (χ1n) is 7.01. The number of aromatic nitrogens is 4. The molecule has 0 saturated heterocycles. The zero-order valence-electron chi connectivity index (χ0n) is 12.8. The van der Waals surface area contributed by atoms with Gasteiger partial charge in [0, 0.05) is 30.4 Å². The fraction of sp³-hybridized carbons (Fsp3) is 0.267. The van der Waals surface area contributed by atoms with Crippen LogP contribution in [0.2, 0.25) is 5.02 Å². The van der Waals surface area contributed by atoms with Crippen LogP contribution in [0.1, 0.15) is 17.1 Å². The first kappa shape index (κ1) is 16.5. The fourth-order valence-corrected chi connectivity index (χ4v) is 2.56. The van der Waals surface area contributed by atoms with Crippen LogP contribution < -0.4 is 4.90 Å². The van der Waals surface area contributed by atoms with Crippen molar-refractivity contribution in [2.75, 3.05) is 11.9 Å². The lowest BCUT2D eigenvalue weighted by atomic mass is 10.2. The lowest BCUT2D eigenvalue weighted by Gasteiger charge is -2.20. The van der Waals surface area contributed by atoms with Gasteiger partial charge in [0.05, 0.1) is 0 Å². The van der Waals surface area contributed by atoms with E-state index in [1.165, 1.54) is 0 Å². The summed E-state index contributed by atoms with van der Waals surface area (Å²) in [6.45, 7) is 2.14. The molecule has 0 radical (unpaired) electrons. The van der Waals surface area contributed by atoms with Crippen LogP contribution in [0.25, 0.3) is 5.78 Å². The monoisotopic (exact) mass is 355 g/mol. The molecule has 0 atom stereocenters. The number of hydrogen-bond acceptors (Lipinski definition) is 4. The van der Waals surface area contributed by atoms with Gasteiger partial charge in [0.2, 0.25) is 0 Å². The summed E-state index contributed by atoms with van der Waals surface area (Å²) in [6, 6.07) is 8.91. The third-order valence-electron chi connectivity index (χ3n) is 3.37. The van der Waals surface area contributed by atoms with Gasteiger partial charge in [-0.1, -0.05) is 23.7 Å². The highest BCUT2D eigenvalue weighted by molar-refractivity contribution is 6.30. The Morgan fingerprint density at radius 1 is 1.21 bits per heavy atom. The standard InChI is InChI=1S/C15H13ClF3N5/c1-9-6-12(23(2)8-10-4-3-5-11(16)7-10)24-14(20-9)21-13(22-24)15(17,18)19/h3-7H,8H2,1-2H3. The molecule has 0 spiro atoms. The largest absolute Gasteiger partial charge is 0.453 e. The molecule has 1 aromatic carbocycles. The summed E-state index contributed by atoms with van der Waals surface area (Å²) in [4.78, 5) is 9.26. The van der Waals surface area contributed by atoms with Crippen molar-refractivity contribution in [1.29, 1.82) is 0 Å². The third kappa shape index (κ3) is 3.28. The number of aryl methyl sites for hydroxylation is 1. The molecule has 3 aromatic rings. The lowest BCUT2D eigenvalue weighted by Crippen LogP contribution is -2.20. The molecule has 0 amide bonds. The Morgan fingerprint density at radius 3 is 2.62 bits per heavy atom. The summed E-state index contributed by atoms with van der Waals surface area (Å²) in [6.07, 6.45) is -4.62. The molecule has 0 saturated carbocycles. The van der Waals surface area contributed by atoms with Crippen LogP contribution in [-0.2, 0) is 12.7 Å². The van der Waals surface area contributed by atoms with Crippen LogP contribution in [-0.4, -0.2) is 26.6 Å². The van der Waals surface area contributed by atoms with Gasteiger partial charge in [0.1, 0.15) is 5.82 Å². The molecule has 0 N–H and O–H groups in total. The Morgan fingerprint density at radius 2 is 1.96 bits per heavy atom. The summed E-state index contributed by atoms with van der Waals surface area (Å²) in [7, 11) is 1.75. The van der Waals surface area contributed by atoms with Gasteiger partial charge in [-0.15, -0.1) is 5.10 Å². The number of halogens is 4. The van der Waals surface area contributed by atoms with Crippen molar-refractivity contribution in [2.45, 2.75) is 19.6 Å². The van der Waals surface area contributed by atoms with Gasteiger partial charge in [0.15, 0.2) is 0 Å². The van der Waals surface area contributed by atoms with Gasteiger partial charge < -0.3 is 4.90 Å². The molecule has 0 unspecified atom stereocenters. The molecule has 9 heteroatoms. The fourth-order valence-electron chi connectivity index (χ4n) is 2.35. The normalized spacial score (nSPS) is 11.9. The van der Waals surface area contributed by atoms with Gasteiger partial charge in [-0.25, -0.2) is 4.98 Å². The van der Waals surface area contributed by atoms with E-state index >= 15 is 0 Å². The van der Waals surface area contributed by atoms with Gasteiger partial charge in [-0.2, -0.15) is 22.7 Å². The minimum Gasteiger partial charge on any atom is -0.355 e. The Kier molecular flexibility index (Phi) is 4.08. The molecule has 0 fully saturated rings. The zero-order chi connectivity index (χ0) is 17.5. The highest BCUT2D eigenvalue weighted by Crippen LogP contribution is 2.28. The maximum atomic E-state index is 12.9. The Labute approximate surface area is 140 Å². The molecule has 2 heterocycles. The third-order valence-corrected chi connectivity index (χ3v) is 3.61. The molecule has 5 nitrogen and oxygen atoms in total. The van der Waals surface area contributed by atoms with Crippen molar-refractivity contribution in [1.82, 2.24) is 19.6 Å². The van der Waals surface area contributed by atoms with Crippen molar-refractivity contribution in [3.8, 4) is 0 Å². The smallest absolute Gasteiger partial charge is 0.355 e. The van der Waals surface area contributed by atoms with Crippen LogP contribution in [0.5, 0.6) is 0 Å². The first-order chi connectivity index (χ1) is 11.2. The number of rotatable bonds is 3. The molecule has 0 aliphatic rings. The predicted molar refractivity (Wildman–Crippen MR) is 84.1 cm³/mol. The van der Waals surface area contributed by atoms with E-state index in [1.807, 2.05) is 12.1 Å². The summed E-state index contributed by atoms with van der Waals surface area (Å²) in [5, 5.41) is 4.15. The molecule has 0 aliphatic carbocycles.